The number of amides is 1. The first-order valence-corrected chi connectivity index (χ1v) is 6.11. The van der Waals surface area contributed by atoms with Crippen LogP contribution in [0.1, 0.15) is 18.9 Å². The molecule has 2 N–H and O–H groups in total. The zero-order valence-corrected chi connectivity index (χ0v) is 10.9. The molecule has 0 aromatic heterocycles. The highest BCUT2D eigenvalue weighted by Gasteiger charge is 2.13. The number of hydrogen-bond acceptors (Lipinski definition) is 2. The van der Waals surface area contributed by atoms with E-state index in [9.17, 15) is 9.59 Å². The first kappa shape index (κ1) is 14.5. The molecule has 1 unspecified atom stereocenters. The number of aliphatic carboxylic acids is 1. The van der Waals surface area contributed by atoms with Crippen molar-refractivity contribution in [3.05, 3.63) is 34.9 Å². The van der Waals surface area contributed by atoms with Gasteiger partial charge in [-0.1, -0.05) is 30.7 Å². The van der Waals surface area contributed by atoms with Crippen LogP contribution in [0.4, 0.5) is 0 Å². The van der Waals surface area contributed by atoms with Crippen molar-refractivity contribution in [1.29, 1.82) is 0 Å². The van der Waals surface area contributed by atoms with Gasteiger partial charge in [0.05, 0.1) is 6.42 Å². The quantitative estimate of drug-likeness (QED) is 0.831. The lowest BCUT2D eigenvalue weighted by molar-refractivity contribution is -0.137. The Bertz CT molecular complexity index is 434. The van der Waals surface area contributed by atoms with Gasteiger partial charge in [0.25, 0.3) is 0 Å². The molecular formula is C13H16ClNO3. The molecule has 18 heavy (non-hydrogen) atoms. The smallest absolute Gasteiger partial charge is 0.305 e. The lowest BCUT2D eigenvalue weighted by Crippen LogP contribution is -2.31. The monoisotopic (exact) mass is 269 g/mol. The van der Waals surface area contributed by atoms with Crippen molar-refractivity contribution in [2.45, 2.75) is 19.8 Å². The number of benzene rings is 1. The topological polar surface area (TPSA) is 66.4 Å². The van der Waals surface area contributed by atoms with E-state index < -0.39 is 5.97 Å². The highest BCUT2D eigenvalue weighted by molar-refractivity contribution is 6.30. The first-order valence-electron chi connectivity index (χ1n) is 5.73. The Labute approximate surface area is 111 Å². The lowest BCUT2D eigenvalue weighted by atomic mass is 10.0. The molecule has 1 amide bonds. The molecule has 0 aliphatic carbocycles. The average molecular weight is 270 g/mol. The van der Waals surface area contributed by atoms with Gasteiger partial charge in [0, 0.05) is 17.5 Å². The molecular weight excluding hydrogens is 254 g/mol. The van der Waals surface area contributed by atoms with Gasteiger partial charge in [0.2, 0.25) is 5.91 Å². The second-order valence-corrected chi connectivity index (χ2v) is 4.61. The van der Waals surface area contributed by atoms with Gasteiger partial charge in [-0.3, -0.25) is 9.59 Å². The minimum atomic E-state index is -0.919. The van der Waals surface area contributed by atoms with E-state index >= 15 is 0 Å². The van der Waals surface area contributed by atoms with Crippen LogP contribution in [0.15, 0.2) is 24.3 Å². The molecule has 1 aromatic rings. The van der Waals surface area contributed by atoms with Crippen molar-refractivity contribution in [2.24, 2.45) is 5.92 Å². The number of nitrogens with one attached hydrogen (secondary N) is 1. The molecule has 0 saturated heterocycles. The largest absolute Gasteiger partial charge is 0.481 e. The van der Waals surface area contributed by atoms with E-state index in [1.54, 1.807) is 13.0 Å². The Morgan fingerprint density at radius 3 is 2.78 bits per heavy atom. The van der Waals surface area contributed by atoms with Crippen LogP contribution >= 0.6 is 11.6 Å². The fourth-order valence-electron chi connectivity index (χ4n) is 1.58. The highest BCUT2D eigenvalue weighted by atomic mass is 35.5. The van der Waals surface area contributed by atoms with E-state index in [1.807, 2.05) is 18.2 Å². The first-order chi connectivity index (χ1) is 8.49. The maximum absolute atomic E-state index is 11.7. The number of rotatable bonds is 6. The highest BCUT2D eigenvalue weighted by Crippen LogP contribution is 2.14. The van der Waals surface area contributed by atoms with E-state index in [1.165, 1.54) is 0 Å². The van der Waals surface area contributed by atoms with Crippen LogP contribution in [0.25, 0.3) is 0 Å². The molecule has 98 valence electrons. The van der Waals surface area contributed by atoms with Gasteiger partial charge in [-0.25, -0.2) is 0 Å². The Kier molecular flexibility index (Phi) is 5.65. The third kappa shape index (κ3) is 5.19. The molecule has 1 rings (SSSR count). The van der Waals surface area contributed by atoms with Gasteiger partial charge < -0.3 is 10.4 Å². The van der Waals surface area contributed by atoms with Crippen LogP contribution in [0.5, 0.6) is 0 Å². The van der Waals surface area contributed by atoms with Crippen molar-refractivity contribution >= 4 is 23.5 Å². The summed E-state index contributed by atoms with van der Waals surface area (Å²) in [5.41, 5.74) is 0.989. The van der Waals surface area contributed by atoms with Crippen molar-refractivity contribution < 1.29 is 14.7 Å². The van der Waals surface area contributed by atoms with Gasteiger partial charge in [-0.15, -0.1) is 0 Å². The molecule has 0 spiro atoms. The van der Waals surface area contributed by atoms with Gasteiger partial charge in [-0.2, -0.15) is 0 Å². The average Bonchev–Trinajstić information content (AvgIpc) is 2.28. The fourth-order valence-corrected chi connectivity index (χ4v) is 1.79. The number of carbonyl (C=O) groups is 2. The molecule has 0 fully saturated rings. The Hall–Kier alpha value is -1.55. The number of carboxylic acids is 1. The van der Waals surface area contributed by atoms with Gasteiger partial charge in [0.1, 0.15) is 0 Å². The predicted molar refractivity (Wildman–Crippen MR) is 69.6 cm³/mol. The SMILES string of the molecule is CC(Cc1cccc(Cl)c1)C(=O)NCCC(=O)O. The van der Waals surface area contributed by atoms with E-state index in [0.29, 0.717) is 11.4 Å². The number of hydrogen-bond donors (Lipinski definition) is 2. The Morgan fingerprint density at radius 2 is 2.17 bits per heavy atom. The maximum atomic E-state index is 11.7. The third-order valence-corrected chi connectivity index (χ3v) is 2.75. The second-order valence-electron chi connectivity index (χ2n) is 4.17. The minimum absolute atomic E-state index is 0.0599. The maximum Gasteiger partial charge on any atom is 0.305 e. The predicted octanol–water partition coefficient (Wildman–Crippen LogP) is 2.11. The van der Waals surface area contributed by atoms with Crippen LogP contribution in [0.2, 0.25) is 5.02 Å². The van der Waals surface area contributed by atoms with Gasteiger partial charge in [-0.05, 0) is 24.1 Å². The standard InChI is InChI=1S/C13H16ClNO3/c1-9(13(18)15-6-5-12(16)17)7-10-3-2-4-11(14)8-10/h2-4,8-9H,5-7H2,1H3,(H,15,18)(H,16,17). The van der Waals surface area contributed by atoms with Crippen molar-refractivity contribution in [3.8, 4) is 0 Å². The fraction of sp³-hybridized carbons (Fsp3) is 0.385. The lowest BCUT2D eigenvalue weighted by Gasteiger charge is -2.11. The summed E-state index contributed by atoms with van der Waals surface area (Å²) >= 11 is 5.86. The van der Waals surface area contributed by atoms with Gasteiger partial charge in [0.15, 0.2) is 0 Å². The van der Waals surface area contributed by atoms with Gasteiger partial charge >= 0.3 is 5.97 Å². The van der Waals surface area contributed by atoms with Crippen LogP contribution in [-0.2, 0) is 16.0 Å². The summed E-state index contributed by atoms with van der Waals surface area (Å²) in [6.07, 6.45) is 0.523. The van der Waals surface area contributed by atoms with E-state index in [4.69, 9.17) is 16.7 Å². The molecule has 0 heterocycles. The van der Waals surface area contributed by atoms with Crippen molar-refractivity contribution in [3.63, 3.8) is 0 Å². The molecule has 0 aliphatic heterocycles. The molecule has 1 atom stereocenters. The van der Waals surface area contributed by atoms with E-state index in [2.05, 4.69) is 5.32 Å². The molecule has 5 heteroatoms. The molecule has 1 aromatic carbocycles. The number of carboxylic acid groups (broad SMARTS) is 1. The van der Waals surface area contributed by atoms with Crippen LogP contribution in [0, 0.1) is 5.92 Å². The summed E-state index contributed by atoms with van der Waals surface area (Å²) < 4.78 is 0. The number of carbonyl (C=O) groups excluding carboxylic acids is 1. The van der Waals surface area contributed by atoms with E-state index in [-0.39, 0.29) is 24.8 Å². The Morgan fingerprint density at radius 1 is 1.44 bits per heavy atom. The molecule has 0 bridgehead atoms. The summed E-state index contributed by atoms with van der Waals surface area (Å²) in [6.45, 7) is 1.96. The molecule has 0 saturated carbocycles. The molecule has 0 aliphatic rings. The zero-order valence-electron chi connectivity index (χ0n) is 10.1. The summed E-state index contributed by atoms with van der Waals surface area (Å²) in [5.74, 6) is -1.27. The Balaban J connectivity index is 2.42. The van der Waals surface area contributed by atoms with E-state index in [0.717, 1.165) is 5.56 Å². The molecule has 4 nitrogen and oxygen atoms in total. The summed E-state index contributed by atoms with van der Waals surface area (Å²) in [5, 5.41) is 11.7. The van der Waals surface area contributed by atoms with Crippen LogP contribution in [0.3, 0.4) is 0 Å². The second kappa shape index (κ2) is 7.01. The van der Waals surface area contributed by atoms with Crippen molar-refractivity contribution in [1.82, 2.24) is 5.32 Å². The summed E-state index contributed by atoms with van der Waals surface area (Å²) in [6, 6.07) is 7.35. The zero-order chi connectivity index (χ0) is 13.5. The summed E-state index contributed by atoms with van der Waals surface area (Å²) in [7, 11) is 0. The van der Waals surface area contributed by atoms with Crippen molar-refractivity contribution in [2.75, 3.05) is 6.54 Å². The summed E-state index contributed by atoms with van der Waals surface area (Å²) in [4.78, 5) is 22.0. The third-order valence-electron chi connectivity index (χ3n) is 2.52. The number of halogens is 1. The van der Waals surface area contributed by atoms with Crippen LogP contribution in [-0.4, -0.2) is 23.5 Å². The van der Waals surface area contributed by atoms with Crippen LogP contribution < -0.4 is 5.32 Å². The molecule has 0 radical (unpaired) electrons. The normalized spacial score (nSPS) is 11.9. The minimum Gasteiger partial charge on any atom is -0.481 e.